The summed E-state index contributed by atoms with van der Waals surface area (Å²) in [6, 6.07) is 1.36. The molecule has 0 aliphatic rings. The Morgan fingerprint density at radius 1 is 1.62 bits per heavy atom. The van der Waals surface area contributed by atoms with Gasteiger partial charge in [0.05, 0.1) is 17.8 Å². The Morgan fingerprint density at radius 3 is 2.69 bits per heavy atom. The Balaban J connectivity index is 3.20. The molecule has 0 unspecified atom stereocenters. The maximum atomic E-state index is 12.7. The molecule has 4 nitrogen and oxygen atoms in total. The molecule has 1 aromatic rings. The van der Waals surface area contributed by atoms with Crippen molar-refractivity contribution in [2.24, 2.45) is 5.73 Å². The maximum Gasteiger partial charge on any atom is 0.309 e. The molecule has 0 aromatic carbocycles. The van der Waals surface area contributed by atoms with Gasteiger partial charge in [-0.15, -0.1) is 0 Å². The van der Waals surface area contributed by atoms with Crippen LogP contribution in [0.25, 0.3) is 0 Å². The Morgan fingerprint density at radius 2 is 2.25 bits per heavy atom. The molecule has 1 rings (SSSR count). The number of halogens is 2. The van der Waals surface area contributed by atoms with Crippen molar-refractivity contribution in [2.75, 3.05) is 0 Å². The van der Waals surface area contributed by atoms with Crippen molar-refractivity contribution < 1.29 is 18.7 Å². The standard InChI is InChI=1S/C10H12F2N2O2/c1-5-2-6(3-8(15)16)14-7(4-13)9(5)10(11)12/h2,10H,3-4,13H2,1H3,(H,15,16). The molecule has 3 N–H and O–H groups in total. The van der Waals surface area contributed by atoms with Crippen LogP contribution in [-0.4, -0.2) is 16.1 Å². The number of carboxylic acid groups (broad SMARTS) is 1. The summed E-state index contributed by atoms with van der Waals surface area (Å²) in [6.07, 6.45) is -2.94. The van der Waals surface area contributed by atoms with Crippen molar-refractivity contribution in [3.8, 4) is 0 Å². The maximum absolute atomic E-state index is 12.7. The third-order valence-corrected chi connectivity index (χ3v) is 2.14. The van der Waals surface area contributed by atoms with Crippen LogP contribution in [0.3, 0.4) is 0 Å². The van der Waals surface area contributed by atoms with Gasteiger partial charge in [0.25, 0.3) is 6.43 Å². The van der Waals surface area contributed by atoms with E-state index in [0.717, 1.165) is 0 Å². The van der Waals surface area contributed by atoms with Gasteiger partial charge in [-0.25, -0.2) is 8.78 Å². The molecule has 0 bridgehead atoms. The van der Waals surface area contributed by atoms with Crippen LogP contribution in [-0.2, 0) is 17.8 Å². The lowest BCUT2D eigenvalue weighted by Crippen LogP contribution is -2.11. The number of carboxylic acids is 1. The molecule has 0 aliphatic carbocycles. The third kappa shape index (κ3) is 2.73. The number of hydrogen-bond acceptors (Lipinski definition) is 3. The molecule has 0 radical (unpaired) electrons. The minimum atomic E-state index is -2.65. The van der Waals surface area contributed by atoms with Gasteiger partial charge < -0.3 is 10.8 Å². The normalized spacial score (nSPS) is 10.8. The number of pyridine rings is 1. The number of nitrogens with two attached hydrogens (primary N) is 1. The number of hydrogen-bond donors (Lipinski definition) is 2. The largest absolute Gasteiger partial charge is 0.481 e. The topological polar surface area (TPSA) is 76.2 Å². The van der Waals surface area contributed by atoms with Gasteiger partial charge in [0.15, 0.2) is 0 Å². The molecule has 1 heterocycles. The van der Waals surface area contributed by atoms with E-state index < -0.39 is 12.4 Å². The van der Waals surface area contributed by atoms with Crippen LogP contribution in [0.2, 0.25) is 0 Å². The average Bonchev–Trinajstić information content (AvgIpc) is 2.14. The van der Waals surface area contributed by atoms with Crippen molar-refractivity contribution in [2.45, 2.75) is 26.3 Å². The van der Waals surface area contributed by atoms with Gasteiger partial charge >= 0.3 is 5.97 Å². The summed E-state index contributed by atoms with van der Waals surface area (Å²) in [5.74, 6) is -1.06. The fraction of sp³-hybridized carbons (Fsp3) is 0.400. The zero-order valence-electron chi connectivity index (χ0n) is 8.70. The Bertz CT molecular complexity index is 408. The number of rotatable bonds is 4. The minimum Gasteiger partial charge on any atom is -0.481 e. The lowest BCUT2D eigenvalue weighted by atomic mass is 10.1. The van der Waals surface area contributed by atoms with Gasteiger partial charge in [0.1, 0.15) is 0 Å². The first-order chi connectivity index (χ1) is 7.45. The average molecular weight is 230 g/mol. The van der Waals surface area contributed by atoms with E-state index in [2.05, 4.69) is 4.98 Å². The summed E-state index contributed by atoms with van der Waals surface area (Å²) in [6.45, 7) is 1.36. The number of alkyl halides is 2. The van der Waals surface area contributed by atoms with E-state index in [1.807, 2.05) is 0 Å². The predicted molar refractivity (Wildman–Crippen MR) is 53.2 cm³/mol. The van der Waals surface area contributed by atoms with Crippen molar-refractivity contribution in [3.05, 3.63) is 28.6 Å². The molecule has 0 saturated carbocycles. The van der Waals surface area contributed by atoms with Gasteiger partial charge in [-0.2, -0.15) is 0 Å². The second-order valence-electron chi connectivity index (χ2n) is 3.37. The highest BCUT2D eigenvalue weighted by Crippen LogP contribution is 2.25. The molecular formula is C10H12F2N2O2. The molecule has 0 spiro atoms. The SMILES string of the molecule is Cc1cc(CC(=O)O)nc(CN)c1C(F)F. The fourth-order valence-corrected chi connectivity index (χ4v) is 1.52. The fourth-order valence-electron chi connectivity index (χ4n) is 1.52. The number of aryl methyl sites for hydroxylation is 1. The van der Waals surface area contributed by atoms with Crippen LogP contribution in [0.1, 0.15) is 28.9 Å². The Hall–Kier alpha value is -1.56. The second kappa shape index (κ2) is 4.98. The summed E-state index contributed by atoms with van der Waals surface area (Å²) < 4.78 is 25.3. The van der Waals surface area contributed by atoms with E-state index in [9.17, 15) is 13.6 Å². The third-order valence-electron chi connectivity index (χ3n) is 2.14. The number of carbonyl (C=O) groups is 1. The summed E-state index contributed by atoms with van der Waals surface area (Å²) in [4.78, 5) is 14.3. The molecule has 0 aliphatic heterocycles. The smallest absolute Gasteiger partial charge is 0.309 e. The van der Waals surface area contributed by atoms with Crippen LogP contribution in [0.15, 0.2) is 6.07 Å². The molecule has 0 saturated heterocycles. The van der Waals surface area contributed by atoms with Crippen LogP contribution >= 0.6 is 0 Å². The van der Waals surface area contributed by atoms with E-state index in [1.165, 1.54) is 13.0 Å². The highest BCUT2D eigenvalue weighted by atomic mass is 19.3. The zero-order valence-corrected chi connectivity index (χ0v) is 8.70. The molecular weight excluding hydrogens is 218 g/mol. The van der Waals surface area contributed by atoms with E-state index in [1.54, 1.807) is 0 Å². The Labute approximate surface area is 91.1 Å². The van der Waals surface area contributed by atoms with Gasteiger partial charge in [0.2, 0.25) is 0 Å². The van der Waals surface area contributed by atoms with Gasteiger partial charge in [-0.05, 0) is 18.6 Å². The molecule has 1 aromatic heterocycles. The lowest BCUT2D eigenvalue weighted by molar-refractivity contribution is -0.136. The van der Waals surface area contributed by atoms with E-state index in [0.29, 0.717) is 5.56 Å². The first-order valence-corrected chi connectivity index (χ1v) is 4.65. The first kappa shape index (κ1) is 12.5. The molecule has 0 atom stereocenters. The van der Waals surface area contributed by atoms with Crippen molar-refractivity contribution in [1.29, 1.82) is 0 Å². The van der Waals surface area contributed by atoms with Gasteiger partial charge in [-0.3, -0.25) is 9.78 Å². The van der Waals surface area contributed by atoms with Crippen LogP contribution in [0, 0.1) is 6.92 Å². The summed E-state index contributed by atoms with van der Waals surface area (Å²) in [7, 11) is 0. The summed E-state index contributed by atoms with van der Waals surface area (Å²) in [5, 5.41) is 8.58. The molecule has 88 valence electrons. The van der Waals surface area contributed by atoms with Crippen LogP contribution < -0.4 is 5.73 Å². The van der Waals surface area contributed by atoms with Gasteiger partial charge in [0, 0.05) is 12.1 Å². The molecule has 16 heavy (non-hydrogen) atoms. The molecule has 0 amide bonds. The monoisotopic (exact) mass is 230 g/mol. The van der Waals surface area contributed by atoms with Crippen molar-refractivity contribution in [1.82, 2.24) is 4.98 Å². The highest BCUT2D eigenvalue weighted by Gasteiger charge is 2.18. The number of nitrogens with zero attached hydrogens (tertiary/aromatic N) is 1. The van der Waals surface area contributed by atoms with E-state index in [4.69, 9.17) is 10.8 Å². The highest BCUT2D eigenvalue weighted by molar-refractivity contribution is 5.69. The van der Waals surface area contributed by atoms with Crippen molar-refractivity contribution in [3.63, 3.8) is 0 Å². The van der Waals surface area contributed by atoms with Crippen molar-refractivity contribution >= 4 is 5.97 Å². The Kier molecular flexibility index (Phi) is 3.89. The predicted octanol–water partition coefficient (Wildman–Crippen LogP) is 1.41. The summed E-state index contributed by atoms with van der Waals surface area (Å²) in [5.41, 5.74) is 5.74. The molecule has 6 heteroatoms. The first-order valence-electron chi connectivity index (χ1n) is 4.65. The number of aliphatic carboxylic acids is 1. The van der Waals surface area contributed by atoms with E-state index >= 15 is 0 Å². The van der Waals surface area contributed by atoms with E-state index in [-0.39, 0.29) is 29.9 Å². The quantitative estimate of drug-likeness (QED) is 0.820. The number of aromatic nitrogens is 1. The lowest BCUT2D eigenvalue weighted by Gasteiger charge is -2.11. The molecule has 0 fully saturated rings. The summed E-state index contributed by atoms with van der Waals surface area (Å²) >= 11 is 0. The second-order valence-corrected chi connectivity index (χ2v) is 3.37. The minimum absolute atomic E-state index is 0.0613. The van der Waals surface area contributed by atoms with Crippen LogP contribution in [0.4, 0.5) is 8.78 Å². The van der Waals surface area contributed by atoms with Gasteiger partial charge in [-0.1, -0.05) is 0 Å². The zero-order chi connectivity index (χ0) is 12.3. The van der Waals surface area contributed by atoms with Crippen LogP contribution in [0.5, 0.6) is 0 Å².